The number of fused-ring (bicyclic) bond motifs is 2. The Labute approximate surface area is 232 Å². The third kappa shape index (κ3) is 7.04. The fraction of sp³-hybridized carbons (Fsp3) is 0.700. The van der Waals surface area contributed by atoms with E-state index in [2.05, 4.69) is 10.2 Å². The van der Waals surface area contributed by atoms with Crippen LogP contribution in [0.2, 0.25) is 0 Å². The zero-order valence-electron chi connectivity index (χ0n) is 24.0. The van der Waals surface area contributed by atoms with Crippen molar-refractivity contribution in [3.63, 3.8) is 0 Å². The molecule has 0 radical (unpaired) electrons. The van der Waals surface area contributed by atoms with Gasteiger partial charge < -0.3 is 11.1 Å². The first-order valence-electron chi connectivity index (χ1n) is 14.7. The minimum absolute atomic E-state index is 0.114. The zero-order chi connectivity index (χ0) is 28.3. The average molecular weight is 546 g/mol. The van der Waals surface area contributed by atoms with E-state index >= 15 is 0 Å². The molecular weight excluding hydrogens is 498 g/mol. The predicted molar refractivity (Wildman–Crippen MR) is 151 cm³/mol. The lowest BCUT2D eigenvalue weighted by molar-refractivity contribution is -0.470. The second-order valence-corrected chi connectivity index (χ2v) is 12.1. The van der Waals surface area contributed by atoms with Gasteiger partial charge in [0.2, 0.25) is 11.7 Å². The number of hydrogen-bond acceptors (Lipinski definition) is 4. The van der Waals surface area contributed by atoms with Crippen molar-refractivity contribution in [2.24, 2.45) is 17.6 Å². The minimum atomic E-state index is -2.85. The van der Waals surface area contributed by atoms with E-state index in [1.807, 2.05) is 62.6 Å². The number of nitrogens with zero attached hydrogens (tertiary/aromatic N) is 3. The number of benzene rings is 1. The standard InChI is InChI=1S/C30H46F2N6O/c1-5-36-18-23(17-30(31,32)19-36)29(39)35-27(22-9-7-6-8-10-22)13-14-37-24-11-12-25(37)16-26(15-24)38(21(4)33)28(34)20(2)3/h6-10,20,23-27,33-34H,5,11-19H2,1-4H3,(H,35,39)/p+1/t23?,24-,25?,26?,27-/m0/s1. The Hall–Kier alpha value is -2.39. The number of hydrogen-bond donors (Lipinski definition) is 3. The molecule has 2 bridgehead atoms. The molecular formula is C30H47F2N6O+. The van der Waals surface area contributed by atoms with E-state index in [0.29, 0.717) is 36.8 Å². The topological polar surface area (TPSA) is 88.5 Å². The van der Waals surface area contributed by atoms with Gasteiger partial charge in [-0.3, -0.25) is 14.6 Å². The molecule has 3 aliphatic rings. The summed E-state index contributed by atoms with van der Waals surface area (Å²) in [7, 11) is 0. The molecule has 1 amide bonds. The molecule has 4 rings (SSSR count). The summed E-state index contributed by atoms with van der Waals surface area (Å²) < 4.78 is 30.8. The number of amidine groups is 2. The van der Waals surface area contributed by atoms with E-state index in [0.717, 1.165) is 44.2 Å². The summed E-state index contributed by atoms with van der Waals surface area (Å²) in [5.74, 6) is -2.46. The number of amides is 1. The van der Waals surface area contributed by atoms with Crippen molar-refractivity contribution in [3.05, 3.63) is 35.9 Å². The summed E-state index contributed by atoms with van der Waals surface area (Å²) in [6, 6.07) is 10.7. The quantitative estimate of drug-likeness (QED) is 0.246. The highest BCUT2D eigenvalue weighted by atomic mass is 19.3. The molecule has 5 atom stereocenters. The van der Waals surface area contributed by atoms with Gasteiger partial charge >= 0.3 is 0 Å². The lowest BCUT2D eigenvalue weighted by atomic mass is 9.92. The maximum absolute atomic E-state index is 14.4. The van der Waals surface area contributed by atoms with Crippen molar-refractivity contribution < 1.29 is 18.2 Å². The van der Waals surface area contributed by atoms with Crippen molar-refractivity contribution in [3.8, 4) is 0 Å². The molecule has 3 fully saturated rings. The van der Waals surface area contributed by atoms with Gasteiger partial charge in [-0.1, -0.05) is 51.1 Å². The Bertz CT molecular complexity index is 1030. The largest absolute Gasteiger partial charge is 0.349 e. The Morgan fingerprint density at radius 2 is 1.85 bits per heavy atom. The van der Waals surface area contributed by atoms with E-state index in [4.69, 9.17) is 11.1 Å². The Morgan fingerprint density at radius 3 is 2.41 bits per heavy atom. The summed E-state index contributed by atoms with van der Waals surface area (Å²) in [6.07, 6.45) is 4.51. The van der Waals surface area contributed by atoms with Gasteiger partial charge in [-0.05, 0) is 44.2 Å². The molecule has 0 saturated carbocycles. The number of piperidine rings is 2. The van der Waals surface area contributed by atoms with Crippen LogP contribution in [0.15, 0.2) is 30.3 Å². The van der Waals surface area contributed by atoms with Crippen LogP contribution >= 0.6 is 0 Å². The molecule has 3 heterocycles. The second kappa shape index (κ2) is 12.4. The molecule has 39 heavy (non-hydrogen) atoms. The molecule has 216 valence electrons. The summed E-state index contributed by atoms with van der Waals surface area (Å²) in [5, 5.41) is 11.8. The van der Waals surface area contributed by atoms with Crippen molar-refractivity contribution >= 4 is 17.6 Å². The molecule has 9 heteroatoms. The number of likely N-dealkylation sites (tertiary alicyclic amines) is 1. The zero-order valence-corrected chi connectivity index (χ0v) is 24.0. The Balaban J connectivity index is 1.44. The third-order valence-electron chi connectivity index (χ3n) is 8.90. The number of carbonyl (C=O) groups is 1. The fourth-order valence-electron chi connectivity index (χ4n) is 6.96. The minimum Gasteiger partial charge on any atom is -0.349 e. The maximum atomic E-state index is 14.4. The van der Waals surface area contributed by atoms with Crippen LogP contribution in [0.5, 0.6) is 0 Å². The first-order chi connectivity index (χ1) is 18.5. The lowest BCUT2D eigenvalue weighted by Crippen LogP contribution is -2.52. The van der Waals surface area contributed by atoms with Gasteiger partial charge in [0.25, 0.3) is 5.92 Å². The summed E-state index contributed by atoms with van der Waals surface area (Å²) >= 11 is 0. The number of carbonyl (C=O) groups excluding carboxylic acids is 1. The number of nitrogens with two attached hydrogens (primary N) is 1. The molecule has 0 spiro atoms. The van der Waals surface area contributed by atoms with Gasteiger partial charge in [0, 0.05) is 44.4 Å². The molecule has 0 aromatic heterocycles. The normalized spacial score (nSPS) is 28.7. The number of alkyl halides is 2. The van der Waals surface area contributed by atoms with Crippen LogP contribution in [0, 0.1) is 17.2 Å². The SMILES string of the molecule is CCN1CC(C(=O)N[C@@H](CCN2C3CC[C@H]2CC([N+](C(=N)C(C)C)=C(C)N)C3)c2ccccc2)CC(F)(F)C1. The highest BCUT2D eigenvalue weighted by molar-refractivity contribution is 5.83. The summed E-state index contributed by atoms with van der Waals surface area (Å²) in [4.78, 5) is 17.6. The van der Waals surface area contributed by atoms with E-state index in [-0.39, 0.29) is 30.5 Å². The maximum Gasteiger partial charge on any atom is 0.261 e. The number of rotatable bonds is 9. The van der Waals surface area contributed by atoms with Crippen LogP contribution in [-0.2, 0) is 4.79 Å². The van der Waals surface area contributed by atoms with Crippen LogP contribution in [-0.4, -0.2) is 82.2 Å². The first-order valence-corrected chi connectivity index (χ1v) is 14.7. The first kappa shape index (κ1) is 29.6. The molecule has 1 aromatic rings. The summed E-state index contributed by atoms with van der Waals surface area (Å²) in [6.45, 7) is 9.26. The molecule has 1 aromatic carbocycles. The van der Waals surface area contributed by atoms with Crippen LogP contribution in [0.25, 0.3) is 0 Å². The average Bonchev–Trinajstić information content (AvgIpc) is 3.12. The van der Waals surface area contributed by atoms with Crippen LogP contribution in [0.4, 0.5) is 8.78 Å². The van der Waals surface area contributed by atoms with Crippen LogP contribution in [0.3, 0.4) is 0 Å². The van der Waals surface area contributed by atoms with Gasteiger partial charge in [0.05, 0.1) is 24.5 Å². The van der Waals surface area contributed by atoms with Crippen molar-refractivity contribution in [1.29, 1.82) is 5.41 Å². The molecule has 7 nitrogen and oxygen atoms in total. The lowest BCUT2D eigenvalue weighted by Gasteiger charge is -2.40. The van der Waals surface area contributed by atoms with Gasteiger partial charge in [-0.25, -0.2) is 13.4 Å². The van der Waals surface area contributed by atoms with Gasteiger partial charge in [0.1, 0.15) is 0 Å². The molecule has 3 saturated heterocycles. The van der Waals surface area contributed by atoms with Crippen LogP contribution < -0.4 is 11.1 Å². The molecule has 3 unspecified atom stereocenters. The summed E-state index contributed by atoms with van der Waals surface area (Å²) in [5.41, 5.74) is 7.26. The number of nitrogens with one attached hydrogen (secondary N) is 2. The highest BCUT2D eigenvalue weighted by Gasteiger charge is 2.45. The highest BCUT2D eigenvalue weighted by Crippen LogP contribution is 2.38. The van der Waals surface area contributed by atoms with E-state index < -0.39 is 18.3 Å². The fourth-order valence-corrected chi connectivity index (χ4v) is 6.96. The van der Waals surface area contributed by atoms with Crippen molar-refractivity contribution in [1.82, 2.24) is 15.1 Å². The molecule has 3 aliphatic heterocycles. The number of halogens is 2. The van der Waals surface area contributed by atoms with E-state index in [9.17, 15) is 13.6 Å². The van der Waals surface area contributed by atoms with E-state index in [1.54, 1.807) is 4.90 Å². The van der Waals surface area contributed by atoms with E-state index in [1.165, 1.54) is 0 Å². The van der Waals surface area contributed by atoms with Crippen LogP contribution in [0.1, 0.15) is 77.8 Å². The molecule has 0 aliphatic carbocycles. The Kier molecular flexibility index (Phi) is 9.42. The second-order valence-electron chi connectivity index (χ2n) is 12.1. The van der Waals surface area contributed by atoms with Crippen molar-refractivity contribution in [2.45, 2.75) is 96.3 Å². The van der Waals surface area contributed by atoms with Gasteiger partial charge in [-0.2, -0.15) is 5.41 Å². The Morgan fingerprint density at radius 1 is 1.21 bits per heavy atom. The smallest absolute Gasteiger partial charge is 0.261 e. The van der Waals surface area contributed by atoms with Gasteiger partial charge in [0.15, 0.2) is 5.84 Å². The predicted octanol–water partition coefficient (Wildman–Crippen LogP) is 4.23. The van der Waals surface area contributed by atoms with Crippen molar-refractivity contribution in [2.75, 3.05) is 26.2 Å². The van der Waals surface area contributed by atoms with Gasteiger partial charge in [-0.15, -0.1) is 0 Å². The monoisotopic (exact) mass is 545 g/mol. The molecule has 4 N–H and O–H groups in total. The third-order valence-corrected chi connectivity index (χ3v) is 8.90.